The molecule has 3 unspecified atom stereocenters. The van der Waals surface area contributed by atoms with Crippen LogP contribution < -0.4 is 0 Å². The highest BCUT2D eigenvalue weighted by atomic mass is 19.4. The average Bonchev–Trinajstić information content (AvgIpc) is 2.60. The second-order valence-electron chi connectivity index (χ2n) is 4.16. The summed E-state index contributed by atoms with van der Waals surface area (Å²) in [6.07, 6.45) is -7.15. The Morgan fingerprint density at radius 2 is 2.00 bits per heavy atom. The minimum absolute atomic E-state index is 0.274. The highest BCUT2D eigenvalue weighted by molar-refractivity contribution is 5.84. The summed E-state index contributed by atoms with van der Waals surface area (Å²) in [6, 6.07) is 0. The molecule has 0 spiro atoms. The number of rotatable bonds is 3. The molecule has 3 atom stereocenters. The molecule has 18 heavy (non-hydrogen) atoms. The summed E-state index contributed by atoms with van der Waals surface area (Å²) in [5.74, 6) is -5.05. The quantitative estimate of drug-likeness (QED) is 0.580. The predicted molar refractivity (Wildman–Crippen MR) is 50.2 cm³/mol. The molecule has 0 saturated carbocycles. The lowest BCUT2D eigenvalue weighted by molar-refractivity contribution is -0.203. The molecule has 1 rings (SSSR count). The molecular formula is C10H12F4O4. The third-order valence-corrected chi connectivity index (χ3v) is 2.75. The predicted octanol–water partition coefficient (Wildman–Crippen LogP) is 1.77. The van der Waals surface area contributed by atoms with Crippen molar-refractivity contribution in [2.45, 2.75) is 38.2 Å². The van der Waals surface area contributed by atoms with Crippen molar-refractivity contribution in [3.63, 3.8) is 0 Å². The highest BCUT2D eigenvalue weighted by Gasteiger charge is 2.56. The van der Waals surface area contributed by atoms with Crippen LogP contribution in [0.5, 0.6) is 0 Å². The van der Waals surface area contributed by atoms with Gasteiger partial charge in [-0.25, -0.2) is 14.0 Å². The largest absolute Gasteiger partial charge is 0.462 e. The van der Waals surface area contributed by atoms with E-state index in [1.54, 1.807) is 0 Å². The van der Waals surface area contributed by atoms with Crippen LogP contribution in [0.25, 0.3) is 0 Å². The van der Waals surface area contributed by atoms with E-state index in [-0.39, 0.29) is 6.42 Å². The molecule has 104 valence electrons. The number of esters is 2. The van der Waals surface area contributed by atoms with Crippen molar-refractivity contribution in [1.29, 1.82) is 0 Å². The molecule has 0 N–H and O–H groups in total. The molecule has 1 fully saturated rings. The number of carbonyl (C=O) groups excluding carboxylic acids is 2. The zero-order valence-electron chi connectivity index (χ0n) is 9.71. The van der Waals surface area contributed by atoms with Gasteiger partial charge in [0, 0.05) is 0 Å². The summed E-state index contributed by atoms with van der Waals surface area (Å²) in [6.45, 7) is 1.28. The maximum atomic E-state index is 13.5. The summed E-state index contributed by atoms with van der Waals surface area (Å²) in [5, 5.41) is 0. The Morgan fingerprint density at radius 1 is 1.44 bits per heavy atom. The second-order valence-corrected chi connectivity index (χ2v) is 4.16. The van der Waals surface area contributed by atoms with E-state index >= 15 is 0 Å². The number of hydrogen-bond acceptors (Lipinski definition) is 4. The van der Waals surface area contributed by atoms with Crippen LogP contribution in [0.4, 0.5) is 17.6 Å². The number of halogens is 4. The van der Waals surface area contributed by atoms with Crippen molar-refractivity contribution < 1.29 is 36.6 Å². The minimum Gasteiger partial charge on any atom is -0.462 e. The molecule has 0 bridgehead atoms. The molecule has 8 heteroatoms. The van der Waals surface area contributed by atoms with Crippen LogP contribution in [-0.2, 0) is 19.1 Å². The van der Waals surface area contributed by atoms with E-state index in [1.807, 2.05) is 0 Å². The fourth-order valence-corrected chi connectivity index (χ4v) is 1.28. The van der Waals surface area contributed by atoms with Gasteiger partial charge in [-0.05, 0) is 13.3 Å². The average molecular weight is 272 g/mol. The molecule has 0 radical (unpaired) electrons. The number of carbonyl (C=O) groups is 2. The van der Waals surface area contributed by atoms with Crippen LogP contribution in [0.1, 0.15) is 20.3 Å². The Bertz CT molecular complexity index is 350. The zero-order chi connectivity index (χ0) is 14.1. The highest BCUT2D eigenvalue weighted by Crippen LogP contribution is 2.35. The summed E-state index contributed by atoms with van der Waals surface area (Å²) in [4.78, 5) is 22.4. The van der Waals surface area contributed by atoms with Gasteiger partial charge in [0.25, 0.3) is 0 Å². The van der Waals surface area contributed by atoms with Gasteiger partial charge in [-0.2, -0.15) is 13.2 Å². The standard InChI is InChI=1S/C10H12F4O4/c1-3-9(2,11)8(16)18-6-5(10(12,13)14)4-17-7(6)15/h5-6H,3-4H2,1-2H3. The Hall–Kier alpha value is -1.34. The summed E-state index contributed by atoms with van der Waals surface area (Å²) < 4.78 is 59.5. The van der Waals surface area contributed by atoms with E-state index in [0.717, 1.165) is 6.92 Å². The van der Waals surface area contributed by atoms with Crippen LogP contribution in [0, 0.1) is 5.92 Å². The van der Waals surface area contributed by atoms with Crippen molar-refractivity contribution in [3.05, 3.63) is 0 Å². The van der Waals surface area contributed by atoms with E-state index in [1.165, 1.54) is 6.92 Å². The Morgan fingerprint density at radius 3 is 2.44 bits per heavy atom. The molecular weight excluding hydrogens is 260 g/mol. The molecule has 1 aliphatic rings. The first-order valence-electron chi connectivity index (χ1n) is 5.23. The topological polar surface area (TPSA) is 52.6 Å². The normalized spacial score (nSPS) is 27.6. The maximum Gasteiger partial charge on any atom is 0.399 e. The van der Waals surface area contributed by atoms with E-state index in [0.29, 0.717) is 0 Å². The van der Waals surface area contributed by atoms with Gasteiger partial charge < -0.3 is 9.47 Å². The van der Waals surface area contributed by atoms with Crippen LogP contribution >= 0.6 is 0 Å². The minimum atomic E-state index is -4.75. The third-order valence-electron chi connectivity index (χ3n) is 2.75. The zero-order valence-corrected chi connectivity index (χ0v) is 9.71. The number of hydrogen-bond donors (Lipinski definition) is 0. The Labute approximate surface area is 100 Å². The van der Waals surface area contributed by atoms with Crippen molar-refractivity contribution in [1.82, 2.24) is 0 Å². The lowest BCUT2D eigenvalue weighted by atomic mass is 10.0. The van der Waals surface area contributed by atoms with Crippen LogP contribution in [0.15, 0.2) is 0 Å². The number of alkyl halides is 4. The van der Waals surface area contributed by atoms with Gasteiger partial charge in [0.2, 0.25) is 11.8 Å². The van der Waals surface area contributed by atoms with Gasteiger partial charge in [-0.1, -0.05) is 6.92 Å². The molecule has 1 saturated heterocycles. The van der Waals surface area contributed by atoms with Gasteiger partial charge in [0.15, 0.2) is 0 Å². The lowest BCUT2D eigenvalue weighted by Crippen LogP contribution is -2.42. The first-order chi connectivity index (χ1) is 8.09. The van der Waals surface area contributed by atoms with Crippen molar-refractivity contribution >= 4 is 11.9 Å². The van der Waals surface area contributed by atoms with Crippen LogP contribution in [-0.4, -0.2) is 36.5 Å². The van der Waals surface area contributed by atoms with Crippen molar-refractivity contribution in [3.8, 4) is 0 Å². The molecule has 4 nitrogen and oxygen atoms in total. The molecule has 1 aliphatic heterocycles. The van der Waals surface area contributed by atoms with Crippen molar-refractivity contribution in [2.24, 2.45) is 5.92 Å². The van der Waals surface area contributed by atoms with Crippen LogP contribution in [0.3, 0.4) is 0 Å². The summed E-state index contributed by atoms with van der Waals surface area (Å²) in [5.41, 5.74) is -2.43. The maximum absolute atomic E-state index is 13.5. The molecule has 0 aromatic carbocycles. The van der Waals surface area contributed by atoms with E-state index in [9.17, 15) is 27.2 Å². The number of cyclic esters (lactones) is 1. The van der Waals surface area contributed by atoms with Gasteiger partial charge in [0.05, 0.1) is 0 Å². The van der Waals surface area contributed by atoms with E-state index in [2.05, 4.69) is 9.47 Å². The van der Waals surface area contributed by atoms with Crippen molar-refractivity contribution in [2.75, 3.05) is 6.61 Å². The first-order valence-corrected chi connectivity index (χ1v) is 5.23. The molecule has 0 aromatic heterocycles. The summed E-state index contributed by atoms with van der Waals surface area (Å²) >= 11 is 0. The summed E-state index contributed by atoms with van der Waals surface area (Å²) in [7, 11) is 0. The Balaban J connectivity index is 2.81. The molecule has 1 heterocycles. The van der Waals surface area contributed by atoms with E-state index < -0.39 is 42.4 Å². The smallest absolute Gasteiger partial charge is 0.399 e. The lowest BCUT2D eigenvalue weighted by Gasteiger charge is -2.22. The SMILES string of the molecule is CCC(C)(F)C(=O)OC1C(=O)OCC1C(F)(F)F. The van der Waals surface area contributed by atoms with Gasteiger partial charge in [-0.15, -0.1) is 0 Å². The van der Waals surface area contributed by atoms with Gasteiger partial charge in [-0.3, -0.25) is 0 Å². The van der Waals surface area contributed by atoms with Crippen LogP contribution in [0.2, 0.25) is 0 Å². The van der Waals surface area contributed by atoms with E-state index in [4.69, 9.17) is 0 Å². The monoisotopic (exact) mass is 272 g/mol. The fraction of sp³-hybridized carbons (Fsp3) is 0.800. The molecule has 0 amide bonds. The van der Waals surface area contributed by atoms with Gasteiger partial charge in [0.1, 0.15) is 12.5 Å². The molecule has 0 aliphatic carbocycles. The number of ether oxygens (including phenoxy) is 2. The fourth-order valence-electron chi connectivity index (χ4n) is 1.28. The molecule has 0 aromatic rings. The second kappa shape index (κ2) is 4.74. The van der Waals surface area contributed by atoms with Gasteiger partial charge >= 0.3 is 18.1 Å². The Kier molecular flexibility index (Phi) is 3.87. The third kappa shape index (κ3) is 2.91. The first kappa shape index (κ1) is 14.7.